The summed E-state index contributed by atoms with van der Waals surface area (Å²) in [5.74, 6) is 0.0270. The molecule has 110 valence electrons. The highest BCUT2D eigenvalue weighted by molar-refractivity contribution is 7.91. The lowest BCUT2D eigenvalue weighted by Crippen LogP contribution is -2.46. The zero-order valence-corrected chi connectivity index (χ0v) is 12.2. The molecule has 0 saturated heterocycles. The van der Waals surface area contributed by atoms with E-state index in [4.69, 9.17) is 0 Å². The molecule has 1 aromatic rings. The van der Waals surface area contributed by atoms with Crippen molar-refractivity contribution in [2.75, 3.05) is 10.7 Å². The first-order valence-corrected chi connectivity index (χ1v) is 8.44. The van der Waals surface area contributed by atoms with Gasteiger partial charge in [-0.05, 0) is 37.1 Å². The van der Waals surface area contributed by atoms with E-state index in [9.17, 15) is 18.3 Å². The Morgan fingerprint density at radius 1 is 1.25 bits per heavy atom. The summed E-state index contributed by atoms with van der Waals surface area (Å²) in [5.41, 5.74) is 0.479. The summed E-state index contributed by atoms with van der Waals surface area (Å²) < 4.78 is 23.5. The molecule has 0 heterocycles. The predicted molar refractivity (Wildman–Crippen MR) is 74.3 cm³/mol. The number of amides is 1. The van der Waals surface area contributed by atoms with Gasteiger partial charge >= 0.3 is 0 Å². The lowest BCUT2D eigenvalue weighted by Gasteiger charge is -2.31. The van der Waals surface area contributed by atoms with Gasteiger partial charge in [-0.3, -0.25) is 0 Å². The molecule has 1 aliphatic carbocycles. The van der Waals surface area contributed by atoms with Crippen molar-refractivity contribution in [3.63, 3.8) is 0 Å². The zero-order chi connectivity index (χ0) is 14.8. The molecule has 1 aliphatic rings. The molecule has 2 rings (SSSR count). The number of hydrogen-bond acceptors (Lipinski definition) is 4. The second-order valence-corrected chi connectivity index (χ2v) is 7.25. The summed E-state index contributed by atoms with van der Waals surface area (Å²) in [6.07, 6.45) is 2.43. The fourth-order valence-corrected chi connectivity index (χ4v) is 3.49. The molecule has 0 aromatic heterocycles. The van der Waals surface area contributed by atoms with Crippen molar-refractivity contribution in [2.45, 2.75) is 43.5 Å². The molecule has 0 N–H and O–H groups in total. The lowest BCUT2D eigenvalue weighted by atomic mass is 10.2. The van der Waals surface area contributed by atoms with E-state index < -0.39 is 15.9 Å². The molecule has 1 saturated carbocycles. The van der Waals surface area contributed by atoms with E-state index in [0.29, 0.717) is 5.69 Å². The second-order valence-electron chi connectivity index (χ2n) is 4.97. The Hall–Kier alpha value is -1.56. The first-order valence-electron chi connectivity index (χ1n) is 6.78. The molecule has 0 radical (unpaired) electrons. The molecule has 5 nitrogen and oxygen atoms in total. The molecule has 0 unspecified atom stereocenters. The smallest absolute Gasteiger partial charge is 0.178 e. The van der Waals surface area contributed by atoms with Crippen LogP contribution in [0.3, 0.4) is 0 Å². The van der Waals surface area contributed by atoms with Gasteiger partial charge in [-0.25, -0.2) is 8.42 Å². The quantitative estimate of drug-likeness (QED) is 0.845. The van der Waals surface area contributed by atoms with Gasteiger partial charge < -0.3 is 14.8 Å². The highest BCUT2D eigenvalue weighted by atomic mass is 32.2. The molecule has 1 amide bonds. The second kappa shape index (κ2) is 5.83. The fraction of sp³-hybridized carbons (Fsp3) is 0.500. The van der Waals surface area contributed by atoms with Gasteiger partial charge in [-0.2, -0.15) is 0 Å². The van der Waals surface area contributed by atoms with Gasteiger partial charge in [-0.1, -0.05) is 19.8 Å². The van der Waals surface area contributed by atoms with Crippen molar-refractivity contribution in [1.82, 2.24) is 0 Å². The average Bonchev–Trinajstić information content (AvgIpc) is 2.93. The normalized spacial score (nSPS) is 16.2. The molecule has 0 aliphatic heterocycles. The van der Waals surface area contributed by atoms with Crippen LogP contribution in [-0.2, 0) is 9.84 Å². The van der Waals surface area contributed by atoms with E-state index >= 15 is 0 Å². The number of carboxylic acid groups (broad SMARTS) is 1. The molecular weight excluding hydrogens is 278 g/mol. The Morgan fingerprint density at radius 3 is 2.25 bits per heavy atom. The van der Waals surface area contributed by atoms with Gasteiger partial charge in [0, 0.05) is 11.7 Å². The highest BCUT2D eigenvalue weighted by Crippen LogP contribution is 2.28. The van der Waals surface area contributed by atoms with Gasteiger partial charge in [0.05, 0.1) is 10.6 Å². The number of sulfone groups is 1. The average molecular weight is 296 g/mol. The number of carbonyl (C=O) groups is 1. The third kappa shape index (κ3) is 2.95. The van der Waals surface area contributed by atoms with Gasteiger partial charge in [0.25, 0.3) is 0 Å². The van der Waals surface area contributed by atoms with Crippen LogP contribution in [0.15, 0.2) is 29.2 Å². The van der Waals surface area contributed by atoms with E-state index in [2.05, 4.69) is 0 Å². The van der Waals surface area contributed by atoms with Crippen LogP contribution in [0, 0.1) is 0 Å². The minimum atomic E-state index is -3.26. The maximum absolute atomic E-state index is 11.7. The Labute approximate surface area is 119 Å². The SMILES string of the molecule is CCS(=O)(=O)c1ccc(N(C(=O)[O-])C2CCCC2)cc1. The third-order valence-corrected chi connectivity index (χ3v) is 5.49. The summed E-state index contributed by atoms with van der Waals surface area (Å²) >= 11 is 0. The fourth-order valence-electron chi connectivity index (χ4n) is 2.61. The summed E-state index contributed by atoms with van der Waals surface area (Å²) in [5, 5.41) is 11.3. The number of nitrogens with zero attached hydrogens (tertiary/aromatic N) is 1. The van der Waals surface area contributed by atoms with Crippen molar-refractivity contribution in [2.24, 2.45) is 0 Å². The van der Waals surface area contributed by atoms with Crippen LogP contribution in [0.25, 0.3) is 0 Å². The molecule has 6 heteroatoms. The standard InChI is InChI=1S/C14H19NO4S/c1-2-20(18,19)13-9-7-12(8-10-13)15(14(16)17)11-5-3-4-6-11/h7-11H,2-6H2,1H3,(H,16,17)/p-1. The predicted octanol–water partition coefficient (Wildman–Crippen LogP) is 1.57. The van der Waals surface area contributed by atoms with E-state index in [-0.39, 0.29) is 16.7 Å². The summed E-state index contributed by atoms with van der Waals surface area (Å²) in [7, 11) is -3.26. The van der Waals surface area contributed by atoms with E-state index in [1.807, 2.05) is 0 Å². The van der Waals surface area contributed by atoms with Crippen LogP contribution < -0.4 is 10.0 Å². The lowest BCUT2D eigenvalue weighted by molar-refractivity contribution is -0.247. The first-order chi connectivity index (χ1) is 9.45. The number of anilines is 1. The zero-order valence-electron chi connectivity index (χ0n) is 11.4. The monoisotopic (exact) mass is 296 g/mol. The van der Waals surface area contributed by atoms with Gasteiger partial charge in [-0.15, -0.1) is 0 Å². The highest BCUT2D eigenvalue weighted by Gasteiger charge is 2.24. The van der Waals surface area contributed by atoms with Crippen LogP contribution in [0.4, 0.5) is 10.5 Å². The molecule has 0 bridgehead atoms. The number of hydrogen-bond donors (Lipinski definition) is 0. The van der Waals surface area contributed by atoms with Crippen LogP contribution in [0.2, 0.25) is 0 Å². The van der Waals surface area contributed by atoms with Crippen molar-refractivity contribution in [3.05, 3.63) is 24.3 Å². The Bertz CT molecular complexity index is 574. The molecule has 0 atom stereocenters. The molecule has 20 heavy (non-hydrogen) atoms. The van der Waals surface area contributed by atoms with Crippen LogP contribution in [0.1, 0.15) is 32.6 Å². The number of carbonyl (C=O) groups excluding carboxylic acids is 1. The minimum Gasteiger partial charge on any atom is -0.530 e. The Kier molecular flexibility index (Phi) is 4.32. The molecule has 0 spiro atoms. The van der Waals surface area contributed by atoms with E-state index in [1.54, 1.807) is 6.92 Å². The van der Waals surface area contributed by atoms with E-state index in [1.165, 1.54) is 29.2 Å². The maximum atomic E-state index is 11.7. The summed E-state index contributed by atoms with van der Waals surface area (Å²) in [6.45, 7) is 1.58. The number of benzene rings is 1. The van der Waals surface area contributed by atoms with Crippen LogP contribution in [0.5, 0.6) is 0 Å². The number of rotatable bonds is 4. The van der Waals surface area contributed by atoms with Crippen molar-refractivity contribution in [3.8, 4) is 0 Å². The van der Waals surface area contributed by atoms with Gasteiger partial charge in [0.15, 0.2) is 9.84 Å². The van der Waals surface area contributed by atoms with Gasteiger partial charge in [0.2, 0.25) is 0 Å². The van der Waals surface area contributed by atoms with Crippen molar-refractivity contribution in [1.29, 1.82) is 0 Å². The molecule has 1 aromatic carbocycles. The van der Waals surface area contributed by atoms with Crippen molar-refractivity contribution < 1.29 is 18.3 Å². The molecular formula is C14H18NO4S-. The van der Waals surface area contributed by atoms with Crippen LogP contribution in [-0.4, -0.2) is 26.3 Å². The summed E-state index contributed by atoms with van der Waals surface area (Å²) in [6, 6.07) is 5.93. The minimum absolute atomic E-state index is 0.0270. The Morgan fingerprint density at radius 2 is 1.80 bits per heavy atom. The Balaban J connectivity index is 2.29. The first kappa shape index (κ1) is 14.8. The van der Waals surface area contributed by atoms with Gasteiger partial charge in [0.1, 0.15) is 6.09 Å². The van der Waals surface area contributed by atoms with Crippen molar-refractivity contribution >= 4 is 21.6 Å². The topological polar surface area (TPSA) is 77.5 Å². The van der Waals surface area contributed by atoms with E-state index in [0.717, 1.165) is 25.7 Å². The molecule has 1 fully saturated rings. The third-order valence-electron chi connectivity index (χ3n) is 3.74. The summed E-state index contributed by atoms with van der Waals surface area (Å²) in [4.78, 5) is 12.8. The van der Waals surface area contributed by atoms with Crippen LogP contribution >= 0.6 is 0 Å². The maximum Gasteiger partial charge on any atom is 0.178 e. The largest absolute Gasteiger partial charge is 0.530 e.